The largest absolute Gasteiger partial charge is 0.393 e. The quantitative estimate of drug-likeness (QED) is 0.547. The second-order valence-electron chi connectivity index (χ2n) is 5.37. The predicted molar refractivity (Wildman–Crippen MR) is 89.5 cm³/mol. The zero-order valence-corrected chi connectivity index (χ0v) is 13.6. The van der Waals surface area contributed by atoms with Crippen LogP contribution in [0.15, 0.2) is 52.7 Å². The third-order valence-corrected chi connectivity index (χ3v) is 3.69. The van der Waals surface area contributed by atoms with E-state index in [2.05, 4.69) is 10.1 Å². The lowest BCUT2D eigenvalue weighted by molar-refractivity contribution is 0.407. The fourth-order valence-electron chi connectivity index (χ4n) is 2.22. The third-order valence-electron chi connectivity index (χ3n) is 3.69. The summed E-state index contributed by atoms with van der Waals surface area (Å²) >= 11 is 0. The normalized spacial score (nSPS) is 12.0. The molecule has 0 saturated carbocycles. The van der Waals surface area contributed by atoms with E-state index < -0.39 is 17.5 Å². The molecule has 2 aromatic carbocycles. The van der Waals surface area contributed by atoms with Crippen molar-refractivity contribution in [3.63, 3.8) is 0 Å². The molecule has 0 saturated heterocycles. The predicted octanol–water partition coefficient (Wildman–Crippen LogP) is 3.18. The van der Waals surface area contributed by atoms with Crippen molar-refractivity contribution in [2.24, 2.45) is 11.6 Å². The molecule has 0 fully saturated rings. The topological polar surface area (TPSA) is 94.2 Å². The zero-order valence-electron chi connectivity index (χ0n) is 13.6. The first-order valence-corrected chi connectivity index (χ1v) is 7.43. The molecule has 0 aliphatic heterocycles. The fraction of sp³-hybridized carbons (Fsp3) is 0.0588. The molecule has 134 valence electrons. The molecule has 0 aliphatic rings. The van der Waals surface area contributed by atoms with Crippen molar-refractivity contribution in [2.45, 2.75) is 6.92 Å². The minimum Gasteiger partial charge on any atom is -0.393 e. The van der Waals surface area contributed by atoms with Crippen LogP contribution in [0.2, 0.25) is 0 Å². The van der Waals surface area contributed by atoms with Crippen LogP contribution < -0.4 is 16.6 Å². The molecule has 1 aromatic heterocycles. The lowest BCUT2D eigenvalue weighted by Crippen LogP contribution is -2.31. The molecule has 0 aliphatic carbocycles. The van der Waals surface area contributed by atoms with Gasteiger partial charge in [0, 0.05) is 0 Å². The summed E-state index contributed by atoms with van der Waals surface area (Å²) in [6, 6.07) is 8.70. The number of hydrogen-bond donors (Lipinski definition) is 2. The van der Waals surface area contributed by atoms with Crippen LogP contribution in [-0.2, 0) is 0 Å². The Bertz CT molecular complexity index is 986. The third kappa shape index (κ3) is 3.24. The molecule has 0 spiro atoms. The van der Waals surface area contributed by atoms with Crippen molar-refractivity contribution in [3.8, 4) is 11.4 Å². The van der Waals surface area contributed by atoms with Crippen LogP contribution in [0, 0.1) is 17.5 Å². The first kappa shape index (κ1) is 17.5. The van der Waals surface area contributed by atoms with E-state index in [1.54, 1.807) is 6.07 Å². The van der Waals surface area contributed by atoms with E-state index in [0.717, 1.165) is 23.2 Å². The number of aromatic nitrogens is 2. The zero-order chi connectivity index (χ0) is 18.8. The van der Waals surface area contributed by atoms with E-state index in [0.29, 0.717) is 0 Å². The van der Waals surface area contributed by atoms with Crippen LogP contribution in [0.5, 0.6) is 0 Å². The van der Waals surface area contributed by atoms with Crippen LogP contribution in [0.25, 0.3) is 17.1 Å². The molecule has 1 heterocycles. The molecule has 0 amide bonds. The van der Waals surface area contributed by atoms with Gasteiger partial charge in [0.25, 0.3) is 5.89 Å². The van der Waals surface area contributed by atoms with Crippen molar-refractivity contribution in [3.05, 3.63) is 71.5 Å². The molecule has 6 nitrogen and oxygen atoms in total. The minimum absolute atomic E-state index is 0.0358. The van der Waals surface area contributed by atoms with Crippen LogP contribution in [0.3, 0.4) is 0 Å². The number of para-hydroxylation sites is 1. The molecule has 3 rings (SSSR count). The molecular formula is C17H14F3N5O. The molecule has 0 atom stereocenters. The minimum atomic E-state index is -0.718. The van der Waals surface area contributed by atoms with E-state index in [4.69, 9.17) is 16.1 Å². The highest BCUT2D eigenvalue weighted by Crippen LogP contribution is 2.25. The van der Waals surface area contributed by atoms with Gasteiger partial charge >= 0.3 is 0 Å². The van der Waals surface area contributed by atoms with Crippen molar-refractivity contribution in [1.82, 2.24) is 10.1 Å². The molecule has 0 bridgehead atoms. The van der Waals surface area contributed by atoms with Gasteiger partial charge in [-0.15, -0.1) is 0 Å². The molecule has 0 radical (unpaired) electrons. The fourth-order valence-corrected chi connectivity index (χ4v) is 2.22. The second-order valence-corrected chi connectivity index (χ2v) is 5.37. The summed E-state index contributed by atoms with van der Waals surface area (Å²) in [6.45, 7) is 1.52. The number of allylic oxidation sites excluding steroid dienone is 1. The highest BCUT2D eigenvalue weighted by molar-refractivity contribution is 5.67. The molecule has 3 aromatic rings. The smallest absolute Gasteiger partial charge is 0.275 e. The summed E-state index contributed by atoms with van der Waals surface area (Å²) < 4.78 is 46.0. The van der Waals surface area contributed by atoms with E-state index in [-0.39, 0.29) is 34.4 Å². The molecular weight excluding hydrogens is 347 g/mol. The van der Waals surface area contributed by atoms with Crippen LogP contribution in [0.1, 0.15) is 12.8 Å². The summed E-state index contributed by atoms with van der Waals surface area (Å²) in [6.07, 6.45) is 0. The van der Waals surface area contributed by atoms with E-state index in [9.17, 15) is 13.2 Å². The van der Waals surface area contributed by atoms with Crippen LogP contribution in [0.4, 0.5) is 18.9 Å². The summed E-state index contributed by atoms with van der Waals surface area (Å²) in [7, 11) is 0. The Morgan fingerprint density at radius 2 is 1.81 bits per heavy atom. The SMILES string of the molecule is C/C(=C(/N)c1nc(-c2cc(F)ccc2F)no1)N(N)c1ccccc1F. The van der Waals surface area contributed by atoms with E-state index in [1.807, 2.05) is 0 Å². The summed E-state index contributed by atoms with van der Waals surface area (Å²) in [5.74, 6) is 3.64. The lowest BCUT2D eigenvalue weighted by Gasteiger charge is -2.20. The average Bonchev–Trinajstić information content (AvgIpc) is 3.12. The number of halogens is 3. The molecule has 26 heavy (non-hydrogen) atoms. The van der Waals surface area contributed by atoms with Gasteiger partial charge < -0.3 is 10.3 Å². The highest BCUT2D eigenvalue weighted by Gasteiger charge is 2.19. The maximum absolute atomic E-state index is 13.9. The Hall–Kier alpha value is -3.33. The Morgan fingerprint density at radius 1 is 1.08 bits per heavy atom. The number of rotatable bonds is 4. The molecule has 0 unspecified atom stereocenters. The van der Waals surface area contributed by atoms with Gasteiger partial charge in [-0.05, 0) is 37.3 Å². The van der Waals surface area contributed by atoms with Crippen molar-refractivity contribution in [1.29, 1.82) is 0 Å². The van der Waals surface area contributed by atoms with Crippen LogP contribution in [-0.4, -0.2) is 10.1 Å². The summed E-state index contributed by atoms with van der Waals surface area (Å²) in [5.41, 5.74) is 6.06. The van der Waals surface area contributed by atoms with E-state index in [1.165, 1.54) is 25.1 Å². The van der Waals surface area contributed by atoms with Gasteiger partial charge in [0.05, 0.1) is 16.9 Å². The number of nitrogens with zero attached hydrogens (tertiary/aromatic N) is 3. The number of anilines is 1. The monoisotopic (exact) mass is 361 g/mol. The first-order valence-electron chi connectivity index (χ1n) is 7.43. The Morgan fingerprint density at radius 3 is 2.54 bits per heavy atom. The standard InChI is InChI=1S/C17H14F3N5O/c1-9(25(22)14-5-3-2-4-13(14)20)15(21)17-23-16(24-26-17)11-8-10(18)6-7-12(11)19/h2-8H,21-22H2,1H3/b15-9-. The number of benzene rings is 2. The maximum Gasteiger partial charge on any atom is 0.275 e. The van der Waals surface area contributed by atoms with Gasteiger partial charge in [-0.25, -0.2) is 19.0 Å². The maximum atomic E-state index is 13.9. The van der Waals surface area contributed by atoms with Crippen LogP contribution >= 0.6 is 0 Å². The van der Waals surface area contributed by atoms with Crippen molar-refractivity contribution >= 4 is 11.4 Å². The Kier molecular flexibility index (Phi) is 4.63. The number of hydrazine groups is 1. The first-order chi connectivity index (χ1) is 12.4. The Labute approximate surface area is 146 Å². The molecule has 9 heteroatoms. The average molecular weight is 361 g/mol. The van der Waals surface area contributed by atoms with Gasteiger partial charge in [0.2, 0.25) is 5.82 Å². The highest BCUT2D eigenvalue weighted by atomic mass is 19.1. The van der Waals surface area contributed by atoms with Gasteiger partial charge in [-0.1, -0.05) is 17.3 Å². The van der Waals surface area contributed by atoms with Gasteiger partial charge in [0.15, 0.2) is 0 Å². The number of hydrogen-bond acceptors (Lipinski definition) is 6. The summed E-state index contributed by atoms with van der Waals surface area (Å²) in [4.78, 5) is 3.96. The summed E-state index contributed by atoms with van der Waals surface area (Å²) in [5, 5.41) is 4.63. The van der Waals surface area contributed by atoms with E-state index >= 15 is 0 Å². The van der Waals surface area contributed by atoms with Crippen molar-refractivity contribution < 1.29 is 17.7 Å². The van der Waals surface area contributed by atoms with Gasteiger partial charge in [0.1, 0.15) is 23.1 Å². The van der Waals surface area contributed by atoms with Crippen molar-refractivity contribution in [2.75, 3.05) is 5.01 Å². The van der Waals surface area contributed by atoms with Gasteiger partial charge in [-0.3, -0.25) is 5.01 Å². The second kappa shape index (κ2) is 6.89. The number of nitrogens with two attached hydrogens (primary N) is 2. The lowest BCUT2D eigenvalue weighted by atomic mass is 10.2. The molecule has 4 N–H and O–H groups in total. The van der Waals surface area contributed by atoms with Gasteiger partial charge in [-0.2, -0.15) is 4.98 Å². The Balaban J connectivity index is 1.96.